The Morgan fingerprint density at radius 2 is 2.07 bits per heavy atom. The highest BCUT2D eigenvalue weighted by molar-refractivity contribution is 5.91. The lowest BCUT2D eigenvalue weighted by molar-refractivity contribution is -0.116. The zero-order chi connectivity index (χ0) is 10.4. The lowest BCUT2D eigenvalue weighted by atomic mass is 10.1. The first-order valence-corrected chi connectivity index (χ1v) is 3.95. The van der Waals surface area contributed by atoms with Gasteiger partial charge in [0.15, 0.2) is 0 Å². The Morgan fingerprint density at radius 1 is 1.43 bits per heavy atom. The van der Waals surface area contributed by atoms with E-state index in [9.17, 15) is 4.79 Å². The molecule has 0 saturated carbocycles. The molecule has 0 aliphatic heterocycles. The molecule has 0 aromatic heterocycles. The number of benzene rings is 1. The molecule has 0 saturated heterocycles. The highest BCUT2D eigenvalue weighted by Crippen LogP contribution is 2.04. The van der Waals surface area contributed by atoms with Crippen molar-refractivity contribution in [3.8, 4) is 6.07 Å². The Hall–Kier alpha value is -2.12. The number of nitrogens with one attached hydrogen (secondary N) is 1. The number of hydrogen-bond acceptors (Lipinski definition) is 3. The second kappa shape index (κ2) is 4.80. The van der Waals surface area contributed by atoms with Crippen LogP contribution in [0.15, 0.2) is 30.3 Å². The van der Waals surface area contributed by atoms with Crippen molar-refractivity contribution in [3.05, 3.63) is 41.5 Å². The summed E-state index contributed by atoms with van der Waals surface area (Å²) in [6.07, 6.45) is 2.94. The predicted molar refractivity (Wildman–Crippen MR) is 52.5 cm³/mol. The zero-order valence-electron chi connectivity index (χ0n) is 7.40. The number of hydrogen-bond donors (Lipinski definition) is 2. The lowest BCUT2D eigenvalue weighted by Crippen LogP contribution is -2.27. The molecule has 4 nitrogen and oxygen atoms in total. The standard InChI is InChI=1S/C10H9N3O/c11-7-9-3-1-8(2-4-9)5-6-10(14)13-12/h1-6H,12H2,(H,13,14)/b6-5-. The molecule has 3 N–H and O–H groups in total. The maximum absolute atomic E-state index is 10.7. The van der Waals surface area contributed by atoms with Crippen LogP contribution in [0.5, 0.6) is 0 Å². The number of nitrogens with two attached hydrogens (primary N) is 1. The van der Waals surface area contributed by atoms with Gasteiger partial charge in [0.25, 0.3) is 5.91 Å². The molecular formula is C10H9N3O. The number of amides is 1. The molecule has 0 fully saturated rings. The Morgan fingerprint density at radius 3 is 2.57 bits per heavy atom. The van der Waals surface area contributed by atoms with Gasteiger partial charge in [-0.2, -0.15) is 5.26 Å². The summed E-state index contributed by atoms with van der Waals surface area (Å²) in [7, 11) is 0. The minimum Gasteiger partial charge on any atom is -0.291 e. The molecule has 0 unspecified atom stereocenters. The molecule has 14 heavy (non-hydrogen) atoms. The van der Waals surface area contributed by atoms with Crippen LogP contribution in [-0.2, 0) is 4.79 Å². The molecule has 1 amide bonds. The van der Waals surface area contributed by atoms with E-state index >= 15 is 0 Å². The first-order chi connectivity index (χ1) is 6.76. The summed E-state index contributed by atoms with van der Waals surface area (Å²) in [5.41, 5.74) is 3.41. The quantitative estimate of drug-likeness (QED) is 0.307. The minimum atomic E-state index is -0.366. The first-order valence-electron chi connectivity index (χ1n) is 3.95. The average Bonchev–Trinajstić information content (AvgIpc) is 2.26. The van der Waals surface area contributed by atoms with Crippen molar-refractivity contribution in [3.63, 3.8) is 0 Å². The third-order valence-electron chi connectivity index (χ3n) is 1.61. The van der Waals surface area contributed by atoms with Crippen LogP contribution in [0.2, 0.25) is 0 Å². The van der Waals surface area contributed by atoms with Crippen molar-refractivity contribution >= 4 is 12.0 Å². The van der Waals surface area contributed by atoms with E-state index in [0.29, 0.717) is 5.56 Å². The summed E-state index contributed by atoms with van der Waals surface area (Å²) in [5.74, 6) is 4.52. The summed E-state index contributed by atoms with van der Waals surface area (Å²) in [4.78, 5) is 10.7. The maximum atomic E-state index is 10.7. The summed E-state index contributed by atoms with van der Waals surface area (Å²) in [6, 6.07) is 8.87. The second-order valence-corrected chi connectivity index (χ2v) is 2.58. The molecule has 0 radical (unpaired) electrons. The van der Waals surface area contributed by atoms with Gasteiger partial charge in [-0.1, -0.05) is 12.1 Å². The molecule has 4 heteroatoms. The van der Waals surface area contributed by atoms with Crippen molar-refractivity contribution in [2.75, 3.05) is 0 Å². The first kappa shape index (κ1) is 9.96. The third kappa shape index (κ3) is 2.73. The average molecular weight is 187 g/mol. The number of nitrogens with zero attached hydrogens (tertiary/aromatic N) is 1. The van der Waals surface area contributed by atoms with Gasteiger partial charge in [-0.3, -0.25) is 10.2 Å². The number of carbonyl (C=O) groups excluding carboxylic acids is 1. The van der Waals surface area contributed by atoms with Crippen LogP contribution in [0.3, 0.4) is 0 Å². The van der Waals surface area contributed by atoms with Crippen LogP contribution in [-0.4, -0.2) is 5.91 Å². The monoisotopic (exact) mass is 187 g/mol. The van der Waals surface area contributed by atoms with E-state index in [1.54, 1.807) is 30.3 Å². The van der Waals surface area contributed by atoms with Crippen LogP contribution >= 0.6 is 0 Å². The topological polar surface area (TPSA) is 78.9 Å². The van der Waals surface area contributed by atoms with Gasteiger partial charge in [0.2, 0.25) is 0 Å². The molecule has 70 valence electrons. The van der Waals surface area contributed by atoms with Crippen molar-refractivity contribution in [2.24, 2.45) is 5.84 Å². The number of carbonyl (C=O) groups is 1. The fourth-order valence-corrected chi connectivity index (χ4v) is 0.889. The van der Waals surface area contributed by atoms with Gasteiger partial charge in [0, 0.05) is 6.08 Å². The van der Waals surface area contributed by atoms with E-state index in [-0.39, 0.29) is 5.91 Å². The van der Waals surface area contributed by atoms with Crippen molar-refractivity contribution in [1.29, 1.82) is 5.26 Å². The second-order valence-electron chi connectivity index (χ2n) is 2.58. The number of hydrazine groups is 1. The highest BCUT2D eigenvalue weighted by Gasteiger charge is 1.91. The fourth-order valence-electron chi connectivity index (χ4n) is 0.889. The van der Waals surface area contributed by atoms with E-state index < -0.39 is 0 Å². The third-order valence-corrected chi connectivity index (χ3v) is 1.61. The van der Waals surface area contributed by atoms with E-state index in [1.165, 1.54) is 6.08 Å². The fraction of sp³-hybridized carbons (Fsp3) is 0. The highest BCUT2D eigenvalue weighted by atomic mass is 16.2. The number of nitriles is 1. The molecule has 0 spiro atoms. The predicted octanol–water partition coefficient (Wildman–Crippen LogP) is 0.561. The summed E-state index contributed by atoms with van der Waals surface area (Å²) in [6.45, 7) is 0. The molecule has 1 aromatic rings. The van der Waals surface area contributed by atoms with Crippen LogP contribution in [0.4, 0.5) is 0 Å². The maximum Gasteiger partial charge on any atom is 0.257 e. The van der Waals surface area contributed by atoms with E-state index in [1.807, 2.05) is 11.5 Å². The molecular weight excluding hydrogens is 178 g/mol. The smallest absolute Gasteiger partial charge is 0.257 e. The normalized spacial score (nSPS) is 9.71. The van der Waals surface area contributed by atoms with Crippen molar-refractivity contribution in [1.82, 2.24) is 5.43 Å². The van der Waals surface area contributed by atoms with E-state index in [2.05, 4.69) is 0 Å². The van der Waals surface area contributed by atoms with Crippen LogP contribution < -0.4 is 11.3 Å². The van der Waals surface area contributed by atoms with Crippen LogP contribution in [0, 0.1) is 11.3 Å². The van der Waals surface area contributed by atoms with Gasteiger partial charge in [-0.05, 0) is 23.8 Å². The van der Waals surface area contributed by atoms with Gasteiger partial charge in [-0.15, -0.1) is 0 Å². The molecule has 0 aliphatic carbocycles. The van der Waals surface area contributed by atoms with Gasteiger partial charge in [-0.25, -0.2) is 5.84 Å². The van der Waals surface area contributed by atoms with Crippen LogP contribution in [0.1, 0.15) is 11.1 Å². The Balaban J connectivity index is 2.74. The minimum absolute atomic E-state index is 0.366. The Kier molecular flexibility index (Phi) is 3.41. The van der Waals surface area contributed by atoms with Crippen molar-refractivity contribution < 1.29 is 4.79 Å². The molecule has 1 rings (SSSR count). The van der Waals surface area contributed by atoms with Gasteiger partial charge >= 0.3 is 0 Å². The molecule has 0 aliphatic rings. The van der Waals surface area contributed by atoms with Gasteiger partial charge in [0.05, 0.1) is 11.6 Å². The zero-order valence-corrected chi connectivity index (χ0v) is 7.40. The Labute approximate surface area is 81.6 Å². The van der Waals surface area contributed by atoms with E-state index in [4.69, 9.17) is 11.1 Å². The lowest BCUT2D eigenvalue weighted by Gasteiger charge is -1.93. The molecule has 0 bridgehead atoms. The number of rotatable bonds is 2. The van der Waals surface area contributed by atoms with Gasteiger partial charge < -0.3 is 0 Å². The van der Waals surface area contributed by atoms with Crippen LogP contribution in [0.25, 0.3) is 6.08 Å². The van der Waals surface area contributed by atoms with Crippen molar-refractivity contribution in [2.45, 2.75) is 0 Å². The van der Waals surface area contributed by atoms with E-state index in [0.717, 1.165) is 5.56 Å². The molecule has 0 atom stereocenters. The summed E-state index contributed by atoms with van der Waals surface area (Å²) < 4.78 is 0. The Bertz CT molecular complexity index is 387. The summed E-state index contributed by atoms with van der Waals surface area (Å²) >= 11 is 0. The SMILES string of the molecule is N#Cc1ccc(/C=C\C(=O)NN)cc1. The summed E-state index contributed by atoms with van der Waals surface area (Å²) in [5, 5.41) is 8.54. The molecule has 0 heterocycles. The van der Waals surface area contributed by atoms with Gasteiger partial charge in [0.1, 0.15) is 0 Å². The molecule has 1 aromatic carbocycles. The largest absolute Gasteiger partial charge is 0.291 e.